The number of hydrogen-bond acceptors (Lipinski definition) is 18. The fraction of sp³-hybridized carbons (Fsp3) is 0.917. The molecule has 0 aliphatic carbocycles. The minimum atomic E-state index is -1.01. The van der Waals surface area contributed by atoms with Crippen LogP contribution in [0.15, 0.2) is 24.3 Å². The summed E-state index contributed by atoms with van der Waals surface area (Å²) in [5.41, 5.74) is 1.57. The van der Waals surface area contributed by atoms with Crippen LogP contribution in [-0.2, 0) is 80.6 Å². The minimum Gasteiger partial charge on any atom is -0.459 e. The molecule has 31 atom stereocenters. The number of carbonyl (C=O) groups is 1. The van der Waals surface area contributed by atoms with Gasteiger partial charge in [-0.15, -0.1) is 0 Å². The third-order valence-corrected chi connectivity index (χ3v) is 21.7. The van der Waals surface area contributed by atoms with E-state index in [9.17, 15) is 9.90 Å². The fourth-order valence-electron chi connectivity index (χ4n) is 18.0. The molecule has 0 aromatic carbocycles. The molecule has 78 heavy (non-hydrogen) atoms. The zero-order valence-electron chi connectivity index (χ0n) is 46.6. The molecule has 12 bridgehead atoms. The predicted octanol–water partition coefficient (Wildman–Crippen LogP) is 6.91. The van der Waals surface area contributed by atoms with Crippen LogP contribution < -0.4 is 0 Å². The standard InChI is InChI=1S/C60H86O18/c1-9-10-38-36(61)20-42-46(66-38)29(4)22-59(72-42)23-30(5)47-43(73-59)24-60(75-47)25-44-55(78-60)71-56-49(68-44)32(7)48-41(69-56)21-40-31(6)27(2)17-33(64-40)11-13-37-28(3)18-35(63-37)15-16-58-26-57(8)54(77-58)53-52(74-57)51(76-58)50-39(67-53)14-12-34(65-50)19-45(62)70-48/h27,29-30,32-44,46-56,61H,3,6,9-26H2,1-2,4-5,7-8H3. The number of ether oxygens (including phenoxy) is 16. The van der Waals surface area contributed by atoms with Crippen molar-refractivity contribution in [1.29, 1.82) is 0 Å². The molecule has 0 amide bonds. The van der Waals surface area contributed by atoms with E-state index in [1.807, 2.05) is 0 Å². The Kier molecular flexibility index (Phi) is 13.2. The lowest BCUT2D eigenvalue weighted by molar-refractivity contribution is -0.393. The van der Waals surface area contributed by atoms with Gasteiger partial charge >= 0.3 is 5.97 Å². The molecule has 16 rings (SSSR count). The maximum Gasteiger partial charge on any atom is 0.308 e. The molecule has 16 fully saturated rings. The zero-order chi connectivity index (χ0) is 53.4. The van der Waals surface area contributed by atoms with Crippen molar-refractivity contribution >= 4 is 5.97 Å². The van der Waals surface area contributed by atoms with Gasteiger partial charge in [-0.1, -0.05) is 54.2 Å². The lowest BCUT2D eigenvalue weighted by Crippen LogP contribution is -2.62. The van der Waals surface area contributed by atoms with Crippen molar-refractivity contribution in [1.82, 2.24) is 0 Å². The van der Waals surface area contributed by atoms with Crippen LogP contribution in [0.25, 0.3) is 0 Å². The van der Waals surface area contributed by atoms with Gasteiger partial charge in [0.1, 0.15) is 60.5 Å². The Labute approximate surface area is 459 Å². The van der Waals surface area contributed by atoms with E-state index in [1.54, 1.807) is 0 Å². The first-order valence-electron chi connectivity index (χ1n) is 30.7. The summed E-state index contributed by atoms with van der Waals surface area (Å²) in [5.74, 6) is -2.91. The highest BCUT2D eigenvalue weighted by atomic mass is 16.9. The van der Waals surface area contributed by atoms with Gasteiger partial charge in [0.25, 0.3) is 0 Å². The van der Waals surface area contributed by atoms with Crippen molar-refractivity contribution in [2.75, 3.05) is 0 Å². The number of hydrogen-bond donors (Lipinski definition) is 1. The molecular formula is C60H86O18. The van der Waals surface area contributed by atoms with Crippen molar-refractivity contribution in [3.05, 3.63) is 24.3 Å². The van der Waals surface area contributed by atoms with Gasteiger partial charge in [0, 0.05) is 57.3 Å². The van der Waals surface area contributed by atoms with Crippen LogP contribution in [-0.4, -0.2) is 175 Å². The van der Waals surface area contributed by atoms with E-state index in [0.717, 1.165) is 56.1 Å². The number of esters is 1. The summed E-state index contributed by atoms with van der Waals surface area (Å²) in [7, 11) is 0. The molecule has 16 heterocycles. The van der Waals surface area contributed by atoms with Crippen LogP contribution in [0.1, 0.15) is 157 Å². The molecule has 31 unspecified atom stereocenters. The first kappa shape index (κ1) is 53.1. The molecule has 0 radical (unpaired) electrons. The molecule has 18 nitrogen and oxygen atoms in total. The molecule has 16 aliphatic rings. The summed E-state index contributed by atoms with van der Waals surface area (Å²) < 4.78 is 110. The average molecular weight is 1100 g/mol. The van der Waals surface area contributed by atoms with Crippen LogP contribution >= 0.6 is 0 Å². The van der Waals surface area contributed by atoms with Gasteiger partial charge in [0.05, 0.1) is 79.7 Å². The van der Waals surface area contributed by atoms with E-state index in [1.165, 1.54) is 0 Å². The molecule has 16 aliphatic heterocycles. The second-order valence-electron chi connectivity index (χ2n) is 27.5. The van der Waals surface area contributed by atoms with E-state index in [4.69, 9.17) is 75.8 Å². The molecular weight excluding hydrogens is 1010 g/mol. The highest BCUT2D eigenvalue weighted by Crippen LogP contribution is 2.60. The van der Waals surface area contributed by atoms with E-state index >= 15 is 0 Å². The summed E-state index contributed by atoms with van der Waals surface area (Å²) in [6.07, 6.45) is 3.27. The van der Waals surface area contributed by atoms with Crippen LogP contribution in [0, 0.1) is 23.7 Å². The molecule has 18 heteroatoms. The first-order chi connectivity index (χ1) is 37.4. The third kappa shape index (κ3) is 8.86. The van der Waals surface area contributed by atoms with E-state index < -0.39 is 84.4 Å². The molecule has 0 aromatic heterocycles. The summed E-state index contributed by atoms with van der Waals surface area (Å²) in [6.45, 7) is 22.1. The van der Waals surface area contributed by atoms with Crippen LogP contribution in [0.2, 0.25) is 0 Å². The Hall–Kier alpha value is -1.69. The van der Waals surface area contributed by atoms with Crippen LogP contribution in [0.5, 0.6) is 0 Å². The number of fused-ring (bicyclic) bond motifs is 10. The molecule has 0 saturated carbocycles. The Morgan fingerprint density at radius 3 is 2.13 bits per heavy atom. The van der Waals surface area contributed by atoms with Crippen molar-refractivity contribution in [3.63, 3.8) is 0 Å². The summed E-state index contributed by atoms with van der Waals surface area (Å²) in [4.78, 5) is 14.6. The molecule has 434 valence electrons. The van der Waals surface area contributed by atoms with Crippen molar-refractivity contribution in [2.24, 2.45) is 23.7 Å². The van der Waals surface area contributed by atoms with Crippen LogP contribution in [0.4, 0.5) is 0 Å². The highest BCUT2D eigenvalue weighted by Gasteiger charge is 2.73. The Morgan fingerprint density at radius 1 is 0.551 bits per heavy atom. The molecule has 3 spiro atoms. The topological polar surface area (TPSA) is 185 Å². The molecule has 1 N–H and O–H groups in total. The summed E-state index contributed by atoms with van der Waals surface area (Å²) >= 11 is 0. The van der Waals surface area contributed by atoms with Crippen molar-refractivity contribution < 1.29 is 85.7 Å². The van der Waals surface area contributed by atoms with Crippen molar-refractivity contribution in [3.8, 4) is 0 Å². The van der Waals surface area contributed by atoms with Crippen molar-refractivity contribution in [2.45, 2.75) is 321 Å². The minimum absolute atomic E-state index is 0.00123. The van der Waals surface area contributed by atoms with Gasteiger partial charge in [-0.2, -0.15) is 0 Å². The zero-order valence-corrected chi connectivity index (χ0v) is 46.6. The second-order valence-corrected chi connectivity index (χ2v) is 27.5. The van der Waals surface area contributed by atoms with Gasteiger partial charge in [-0.05, 0) is 87.2 Å². The first-order valence-corrected chi connectivity index (χ1v) is 30.7. The van der Waals surface area contributed by atoms with Gasteiger partial charge in [0.15, 0.2) is 29.9 Å². The van der Waals surface area contributed by atoms with E-state index in [-0.39, 0.29) is 115 Å². The van der Waals surface area contributed by atoms with E-state index in [0.29, 0.717) is 64.2 Å². The predicted molar refractivity (Wildman–Crippen MR) is 272 cm³/mol. The normalized spacial score (nSPS) is 59.0. The third-order valence-electron chi connectivity index (χ3n) is 21.7. The SMILES string of the molecule is C=C1CC2CCC34CC5(C)OC6C(O3)C3OC(CCC3OC6C5O4)CC(=O)OC3C(CC4OC(CCC1O2)CC(C)C4=C)OC1OC2OC4(CC2OC1C3C)CC1OC2(CC(C)C3OC(CCC)C(O)CC3O2)CC(C)C1O4. The molecule has 0 aromatic rings. The maximum atomic E-state index is 14.6. The van der Waals surface area contributed by atoms with Gasteiger partial charge in [0.2, 0.25) is 0 Å². The number of aliphatic hydroxyl groups is 1. The van der Waals surface area contributed by atoms with Gasteiger partial charge < -0.3 is 80.9 Å². The smallest absolute Gasteiger partial charge is 0.308 e. The lowest BCUT2D eigenvalue weighted by Gasteiger charge is -2.54. The Balaban J connectivity index is 0.667. The second kappa shape index (κ2) is 19.4. The summed E-state index contributed by atoms with van der Waals surface area (Å²) in [6, 6.07) is 0. The largest absolute Gasteiger partial charge is 0.459 e. The Morgan fingerprint density at radius 2 is 1.28 bits per heavy atom. The highest BCUT2D eigenvalue weighted by molar-refractivity contribution is 5.70. The van der Waals surface area contributed by atoms with Gasteiger partial charge in [-0.25, -0.2) is 0 Å². The number of aliphatic hydroxyl groups excluding tert-OH is 1. The lowest BCUT2D eigenvalue weighted by atomic mass is 9.78. The average Bonchev–Trinajstić information content (AvgIpc) is 3.55. The Bertz CT molecular complexity index is 2340. The van der Waals surface area contributed by atoms with E-state index in [2.05, 4.69) is 54.7 Å². The quantitative estimate of drug-likeness (QED) is 0.222. The maximum absolute atomic E-state index is 14.6. The van der Waals surface area contributed by atoms with Gasteiger partial charge in [-0.3, -0.25) is 4.79 Å². The summed E-state index contributed by atoms with van der Waals surface area (Å²) in [5, 5.41) is 11.1. The molecule has 16 saturated heterocycles. The monoisotopic (exact) mass is 1090 g/mol. The van der Waals surface area contributed by atoms with Crippen LogP contribution in [0.3, 0.4) is 0 Å². The number of rotatable bonds is 2. The fourth-order valence-corrected chi connectivity index (χ4v) is 18.0. The number of carbonyl (C=O) groups excluding carboxylic acids is 1.